The van der Waals surface area contributed by atoms with Crippen LogP contribution < -0.4 is 15.8 Å². The Bertz CT molecular complexity index is 468. The van der Waals surface area contributed by atoms with Crippen LogP contribution in [0.2, 0.25) is 0 Å². The fourth-order valence-electron chi connectivity index (χ4n) is 2.63. The molecule has 0 aliphatic heterocycles. The lowest BCUT2D eigenvalue weighted by Crippen LogP contribution is -2.41. The van der Waals surface area contributed by atoms with Crippen LogP contribution in [0.5, 0.6) is 5.75 Å². The minimum atomic E-state index is 0. The third-order valence-electron chi connectivity index (χ3n) is 3.90. The van der Waals surface area contributed by atoms with Crippen molar-refractivity contribution in [1.82, 2.24) is 5.32 Å². The van der Waals surface area contributed by atoms with Gasteiger partial charge in [0.05, 0.1) is 13.2 Å². The molecule has 2 rings (SSSR count). The van der Waals surface area contributed by atoms with Crippen LogP contribution in [-0.4, -0.2) is 18.6 Å². The maximum atomic E-state index is 5.98. The van der Waals surface area contributed by atoms with Gasteiger partial charge in [-0.3, -0.25) is 0 Å². The Labute approximate surface area is 157 Å². The predicted molar refractivity (Wildman–Crippen MR) is 108 cm³/mol. The molecule has 1 aromatic carbocycles. The predicted octanol–water partition coefficient (Wildman–Crippen LogP) is 4.08. The summed E-state index contributed by atoms with van der Waals surface area (Å²) in [5.41, 5.74) is 7.12. The van der Waals surface area contributed by atoms with Gasteiger partial charge in [-0.15, -0.1) is 24.0 Å². The van der Waals surface area contributed by atoms with Crippen LogP contribution in [0.4, 0.5) is 0 Å². The summed E-state index contributed by atoms with van der Waals surface area (Å²) in [5.74, 6) is 2.01. The van der Waals surface area contributed by atoms with E-state index in [0.717, 1.165) is 17.9 Å². The zero-order chi connectivity index (χ0) is 15.8. The molecule has 0 radical (unpaired) electrons. The summed E-state index contributed by atoms with van der Waals surface area (Å²) in [6.07, 6.45) is 6.35. The Morgan fingerprint density at radius 2 is 1.87 bits per heavy atom. The SMILES string of the molecule is CC(C)COc1ccc(CN=C(N)NC2CCCCC2)cc1.I. The zero-order valence-corrected chi connectivity index (χ0v) is 16.6. The first-order chi connectivity index (χ1) is 10.6. The Morgan fingerprint density at radius 1 is 1.22 bits per heavy atom. The smallest absolute Gasteiger partial charge is 0.189 e. The van der Waals surface area contributed by atoms with E-state index in [9.17, 15) is 0 Å². The first-order valence-corrected chi connectivity index (χ1v) is 8.41. The molecule has 0 saturated heterocycles. The van der Waals surface area contributed by atoms with Crippen molar-refractivity contribution in [3.63, 3.8) is 0 Å². The lowest BCUT2D eigenvalue weighted by atomic mass is 9.96. The normalized spacial score (nSPS) is 16.0. The molecule has 1 aliphatic rings. The lowest BCUT2D eigenvalue weighted by molar-refractivity contribution is 0.271. The Balaban J connectivity index is 0.00000264. The molecule has 1 aromatic rings. The van der Waals surface area contributed by atoms with Gasteiger partial charge in [0.25, 0.3) is 0 Å². The average Bonchev–Trinajstić information content (AvgIpc) is 2.53. The second-order valence-electron chi connectivity index (χ2n) is 6.53. The summed E-state index contributed by atoms with van der Waals surface area (Å²) >= 11 is 0. The van der Waals surface area contributed by atoms with Crippen LogP contribution in [0.3, 0.4) is 0 Å². The number of hydrogen-bond acceptors (Lipinski definition) is 2. The second kappa shape index (κ2) is 10.7. The fourth-order valence-corrected chi connectivity index (χ4v) is 2.63. The number of nitrogens with two attached hydrogens (primary N) is 1. The van der Waals surface area contributed by atoms with Crippen molar-refractivity contribution in [2.45, 2.75) is 58.5 Å². The maximum Gasteiger partial charge on any atom is 0.189 e. The van der Waals surface area contributed by atoms with Gasteiger partial charge in [-0.1, -0.05) is 45.2 Å². The van der Waals surface area contributed by atoms with Gasteiger partial charge in [0, 0.05) is 6.04 Å². The number of ether oxygens (including phenoxy) is 1. The molecular formula is C18H30IN3O. The van der Waals surface area contributed by atoms with Crippen LogP contribution in [0, 0.1) is 5.92 Å². The molecular weight excluding hydrogens is 401 g/mol. The molecule has 0 aromatic heterocycles. The molecule has 1 saturated carbocycles. The van der Waals surface area contributed by atoms with Gasteiger partial charge < -0.3 is 15.8 Å². The third-order valence-corrected chi connectivity index (χ3v) is 3.90. The van der Waals surface area contributed by atoms with E-state index >= 15 is 0 Å². The highest BCUT2D eigenvalue weighted by molar-refractivity contribution is 14.0. The second-order valence-corrected chi connectivity index (χ2v) is 6.53. The number of halogens is 1. The standard InChI is InChI=1S/C18H29N3O.HI/c1-14(2)13-22-17-10-8-15(9-11-17)12-20-18(19)21-16-6-4-3-5-7-16;/h8-11,14,16H,3-7,12-13H2,1-2H3,(H3,19,20,21);1H. The third kappa shape index (κ3) is 7.90. The summed E-state index contributed by atoms with van der Waals surface area (Å²) in [7, 11) is 0. The van der Waals surface area contributed by atoms with Gasteiger partial charge in [-0.25, -0.2) is 4.99 Å². The maximum absolute atomic E-state index is 5.98. The highest BCUT2D eigenvalue weighted by atomic mass is 127. The van der Waals surface area contributed by atoms with Gasteiger partial charge in [0.2, 0.25) is 0 Å². The number of hydrogen-bond donors (Lipinski definition) is 2. The number of aliphatic imine (C=N–C) groups is 1. The number of nitrogens with zero attached hydrogens (tertiary/aromatic N) is 1. The lowest BCUT2D eigenvalue weighted by Gasteiger charge is -2.23. The Hall–Kier alpha value is -0.980. The fraction of sp³-hybridized carbons (Fsp3) is 0.611. The Morgan fingerprint density at radius 3 is 2.48 bits per heavy atom. The van der Waals surface area contributed by atoms with Gasteiger partial charge in [-0.05, 0) is 36.5 Å². The Kier molecular flexibility index (Phi) is 9.36. The van der Waals surface area contributed by atoms with Crippen molar-refractivity contribution in [1.29, 1.82) is 0 Å². The molecule has 0 amide bonds. The molecule has 0 unspecified atom stereocenters. The van der Waals surface area contributed by atoms with E-state index in [2.05, 4.69) is 24.2 Å². The van der Waals surface area contributed by atoms with Crippen molar-refractivity contribution < 1.29 is 4.74 Å². The van der Waals surface area contributed by atoms with E-state index in [-0.39, 0.29) is 24.0 Å². The van der Waals surface area contributed by atoms with Crippen molar-refractivity contribution in [3.8, 4) is 5.75 Å². The molecule has 3 N–H and O–H groups in total. The molecule has 1 aliphatic carbocycles. The topological polar surface area (TPSA) is 59.6 Å². The summed E-state index contributed by atoms with van der Waals surface area (Å²) < 4.78 is 5.68. The first kappa shape index (κ1) is 20.1. The van der Waals surface area contributed by atoms with Crippen molar-refractivity contribution in [3.05, 3.63) is 29.8 Å². The largest absolute Gasteiger partial charge is 0.493 e. The summed E-state index contributed by atoms with van der Waals surface area (Å²) in [4.78, 5) is 4.43. The minimum Gasteiger partial charge on any atom is -0.493 e. The average molecular weight is 431 g/mol. The molecule has 1 fully saturated rings. The van der Waals surface area contributed by atoms with Gasteiger partial charge in [-0.2, -0.15) is 0 Å². The molecule has 0 bridgehead atoms. The molecule has 23 heavy (non-hydrogen) atoms. The van der Waals surface area contributed by atoms with Crippen molar-refractivity contribution in [2.75, 3.05) is 6.61 Å². The first-order valence-electron chi connectivity index (χ1n) is 8.41. The summed E-state index contributed by atoms with van der Waals surface area (Å²) in [6.45, 7) is 5.64. The van der Waals surface area contributed by atoms with E-state index < -0.39 is 0 Å². The monoisotopic (exact) mass is 431 g/mol. The summed E-state index contributed by atoms with van der Waals surface area (Å²) in [6, 6.07) is 8.60. The number of nitrogens with one attached hydrogen (secondary N) is 1. The van der Waals surface area contributed by atoms with Crippen molar-refractivity contribution >= 4 is 29.9 Å². The zero-order valence-electron chi connectivity index (χ0n) is 14.3. The molecule has 130 valence electrons. The van der Waals surface area contributed by atoms with Crippen molar-refractivity contribution in [2.24, 2.45) is 16.6 Å². The highest BCUT2D eigenvalue weighted by Gasteiger charge is 2.13. The quantitative estimate of drug-likeness (QED) is 0.406. The van der Waals surface area contributed by atoms with Gasteiger partial charge in [0.1, 0.15) is 5.75 Å². The molecule has 5 heteroatoms. The van der Waals surface area contributed by atoms with E-state index in [4.69, 9.17) is 10.5 Å². The van der Waals surface area contributed by atoms with E-state index in [1.165, 1.54) is 32.1 Å². The van der Waals surface area contributed by atoms with Gasteiger partial charge >= 0.3 is 0 Å². The van der Waals surface area contributed by atoms with E-state index in [1.54, 1.807) is 0 Å². The van der Waals surface area contributed by atoms with Gasteiger partial charge in [0.15, 0.2) is 5.96 Å². The molecule has 0 heterocycles. The van der Waals surface area contributed by atoms with E-state index in [0.29, 0.717) is 24.5 Å². The van der Waals surface area contributed by atoms with Crippen LogP contribution in [0.15, 0.2) is 29.3 Å². The van der Waals surface area contributed by atoms with Crippen LogP contribution in [0.1, 0.15) is 51.5 Å². The molecule has 4 nitrogen and oxygen atoms in total. The van der Waals surface area contributed by atoms with Crippen LogP contribution >= 0.6 is 24.0 Å². The van der Waals surface area contributed by atoms with Crippen LogP contribution in [0.25, 0.3) is 0 Å². The molecule has 0 atom stereocenters. The summed E-state index contributed by atoms with van der Waals surface area (Å²) in [5, 5.41) is 3.34. The number of benzene rings is 1. The van der Waals surface area contributed by atoms with E-state index in [1.807, 2.05) is 24.3 Å². The minimum absolute atomic E-state index is 0. The number of rotatable bonds is 6. The highest BCUT2D eigenvalue weighted by Crippen LogP contribution is 2.17. The number of guanidine groups is 1. The molecule has 0 spiro atoms. The van der Waals surface area contributed by atoms with Crippen LogP contribution in [-0.2, 0) is 6.54 Å².